The van der Waals surface area contributed by atoms with Gasteiger partial charge in [-0.15, -0.1) is 0 Å². The Morgan fingerprint density at radius 3 is 2.45 bits per heavy atom. The number of nitrogens with one attached hydrogen (secondary N) is 3. The molecule has 0 atom stereocenters. The van der Waals surface area contributed by atoms with Crippen molar-refractivity contribution in [2.45, 2.75) is 0 Å². The van der Waals surface area contributed by atoms with Crippen LogP contribution < -0.4 is 16.7 Å². The van der Waals surface area contributed by atoms with Crippen LogP contribution in [0.25, 0.3) is 0 Å². The van der Waals surface area contributed by atoms with Crippen molar-refractivity contribution < 1.29 is 10.7 Å². The van der Waals surface area contributed by atoms with Crippen LogP contribution in [0.3, 0.4) is 0 Å². The highest BCUT2D eigenvalue weighted by Gasteiger charge is 1.91. The zero-order valence-electron chi connectivity index (χ0n) is 5.34. The summed E-state index contributed by atoms with van der Waals surface area (Å²) in [5.74, 6) is -0.0336. The Bertz CT molecular complexity index is 298. The molecule has 7 nitrogen and oxygen atoms in total. The molecule has 0 aliphatic rings. The van der Waals surface area contributed by atoms with Crippen LogP contribution in [-0.2, 0) is 0 Å². The van der Waals surface area contributed by atoms with Gasteiger partial charge in [0.05, 0.1) is 0 Å². The molecule has 6 N–H and O–H groups in total. The molecule has 0 aliphatic carbocycles. The molecule has 1 rings (SSSR count). The third-order valence-corrected chi connectivity index (χ3v) is 0.881. The van der Waals surface area contributed by atoms with E-state index in [0.29, 0.717) is 0 Å². The molecule has 1 aromatic heterocycles. The van der Waals surface area contributed by atoms with E-state index in [-0.39, 0.29) is 11.3 Å². The predicted octanol–water partition coefficient (Wildman–Crippen LogP) is -1.96. The molecule has 0 saturated heterocycles. The lowest BCUT2D eigenvalue weighted by Crippen LogP contribution is -2.22. The lowest BCUT2D eigenvalue weighted by atomic mass is 10.6. The molecule has 0 spiro atoms. The minimum atomic E-state index is -0.663. The molecule has 1 aromatic rings. The van der Waals surface area contributed by atoms with Crippen LogP contribution in [0.4, 0.5) is 5.82 Å². The second-order valence-electron chi connectivity index (χ2n) is 1.61. The standard InChI is InChI=1S/C4H5N3O3.H2O/c8-3-1-2(7-10)5-4(9)6-3;/h1,10H,(H3,5,6,7,8,9);1H2. The maximum Gasteiger partial charge on any atom is 0.327 e. The Balaban J connectivity index is 0.000001000. The summed E-state index contributed by atoms with van der Waals surface area (Å²) in [6, 6.07) is 1.02. The lowest BCUT2D eigenvalue weighted by molar-refractivity contribution is 0.385. The fraction of sp³-hybridized carbons (Fsp3) is 0. The van der Waals surface area contributed by atoms with E-state index in [9.17, 15) is 9.59 Å². The molecule has 62 valence electrons. The fourth-order valence-corrected chi connectivity index (χ4v) is 0.529. The zero-order chi connectivity index (χ0) is 7.56. The molecule has 11 heavy (non-hydrogen) atoms. The van der Waals surface area contributed by atoms with Crippen molar-refractivity contribution in [1.82, 2.24) is 9.97 Å². The third kappa shape index (κ3) is 2.24. The predicted molar refractivity (Wildman–Crippen MR) is 36.7 cm³/mol. The Morgan fingerprint density at radius 1 is 1.36 bits per heavy atom. The molecule has 0 bridgehead atoms. The number of rotatable bonds is 1. The van der Waals surface area contributed by atoms with Crippen LogP contribution in [0.15, 0.2) is 15.7 Å². The molecular weight excluding hydrogens is 154 g/mol. The minimum absolute atomic E-state index is 0. The van der Waals surface area contributed by atoms with Crippen molar-refractivity contribution in [3.8, 4) is 0 Å². The van der Waals surface area contributed by atoms with Crippen LogP contribution >= 0.6 is 0 Å². The second-order valence-corrected chi connectivity index (χ2v) is 1.61. The lowest BCUT2D eigenvalue weighted by Gasteiger charge is -1.93. The summed E-state index contributed by atoms with van der Waals surface area (Å²) in [6.07, 6.45) is 0. The van der Waals surface area contributed by atoms with Crippen LogP contribution in [0.1, 0.15) is 0 Å². The zero-order valence-corrected chi connectivity index (χ0v) is 5.34. The van der Waals surface area contributed by atoms with Gasteiger partial charge in [-0.25, -0.2) is 4.79 Å². The molecule has 0 aliphatic heterocycles. The normalized spacial score (nSPS) is 8.45. The van der Waals surface area contributed by atoms with Gasteiger partial charge in [-0.05, 0) is 0 Å². The third-order valence-electron chi connectivity index (χ3n) is 0.881. The minimum Gasteiger partial charge on any atom is -0.412 e. The average molecular weight is 161 g/mol. The van der Waals surface area contributed by atoms with E-state index in [1.165, 1.54) is 0 Å². The van der Waals surface area contributed by atoms with Crippen molar-refractivity contribution >= 4 is 5.82 Å². The first-order valence-corrected chi connectivity index (χ1v) is 2.46. The van der Waals surface area contributed by atoms with Crippen molar-refractivity contribution in [1.29, 1.82) is 0 Å². The second kappa shape index (κ2) is 3.54. The van der Waals surface area contributed by atoms with E-state index >= 15 is 0 Å². The topological polar surface area (TPSA) is 129 Å². The molecule has 0 radical (unpaired) electrons. The number of aromatic nitrogens is 2. The summed E-state index contributed by atoms with van der Waals surface area (Å²) in [5.41, 5.74) is 0.401. The van der Waals surface area contributed by atoms with Crippen LogP contribution in [0.5, 0.6) is 0 Å². The number of hydrogen-bond donors (Lipinski definition) is 4. The van der Waals surface area contributed by atoms with Gasteiger partial charge in [0.15, 0.2) is 0 Å². The summed E-state index contributed by atoms with van der Waals surface area (Å²) >= 11 is 0. The van der Waals surface area contributed by atoms with Crippen molar-refractivity contribution in [3.05, 3.63) is 26.9 Å². The molecular formula is C4H7N3O4. The van der Waals surface area contributed by atoms with Gasteiger partial charge in [0, 0.05) is 6.07 Å². The van der Waals surface area contributed by atoms with Crippen molar-refractivity contribution in [2.24, 2.45) is 0 Å². The van der Waals surface area contributed by atoms with Crippen LogP contribution in [0.2, 0.25) is 0 Å². The first-order chi connectivity index (χ1) is 4.72. The van der Waals surface area contributed by atoms with E-state index in [4.69, 9.17) is 5.21 Å². The Hall–Kier alpha value is -1.60. The Morgan fingerprint density at radius 2 is 2.00 bits per heavy atom. The van der Waals surface area contributed by atoms with Crippen molar-refractivity contribution in [3.63, 3.8) is 0 Å². The Kier molecular flexibility index (Phi) is 3.02. The first-order valence-electron chi connectivity index (χ1n) is 2.46. The van der Waals surface area contributed by atoms with Gasteiger partial charge in [-0.2, -0.15) is 0 Å². The van der Waals surface area contributed by atoms with E-state index in [2.05, 4.69) is 4.98 Å². The van der Waals surface area contributed by atoms with Crippen LogP contribution in [0, 0.1) is 0 Å². The first kappa shape index (κ1) is 9.40. The SMILES string of the molecule is O.O=c1cc(NO)[nH]c(=O)[nH]1. The number of H-pyrrole nitrogens is 2. The number of hydrogen-bond acceptors (Lipinski definition) is 4. The maximum atomic E-state index is 10.4. The highest BCUT2D eigenvalue weighted by molar-refractivity contribution is 5.27. The van der Waals surface area contributed by atoms with Gasteiger partial charge in [0.2, 0.25) is 0 Å². The van der Waals surface area contributed by atoms with E-state index in [0.717, 1.165) is 6.07 Å². The maximum absolute atomic E-state index is 10.4. The Labute approximate surface area is 60.0 Å². The molecule has 0 fully saturated rings. The van der Waals surface area contributed by atoms with E-state index in [1.807, 2.05) is 4.98 Å². The molecule has 1 heterocycles. The van der Waals surface area contributed by atoms with Crippen LogP contribution in [-0.4, -0.2) is 20.7 Å². The average Bonchev–Trinajstić information content (AvgIpc) is 1.85. The van der Waals surface area contributed by atoms with E-state index < -0.39 is 11.2 Å². The summed E-state index contributed by atoms with van der Waals surface area (Å²) in [7, 11) is 0. The monoisotopic (exact) mass is 161 g/mol. The fourth-order valence-electron chi connectivity index (χ4n) is 0.529. The van der Waals surface area contributed by atoms with Gasteiger partial charge in [-0.3, -0.25) is 25.4 Å². The van der Waals surface area contributed by atoms with Crippen molar-refractivity contribution in [2.75, 3.05) is 5.48 Å². The summed E-state index contributed by atoms with van der Waals surface area (Å²) in [5, 5.41) is 8.21. The van der Waals surface area contributed by atoms with E-state index in [1.54, 1.807) is 5.48 Å². The smallest absolute Gasteiger partial charge is 0.327 e. The summed E-state index contributed by atoms with van der Waals surface area (Å²) < 4.78 is 0. The molecule has 7 heteroatoms. The highest BCUT2D eigenvalue weighted by Crippen LogP contribution is 1.86. The van der Waals surface area contributed by atoms with Gasteiger partial charge in [-0.1, -0.05) is 0 Å². The van der Waals surface area contributed by atoms with Gasteiger partial charge in [0.25, 0.3) is 5.56 Å². The molecule has 0 unspecified atom stereocenters. The number of anilines is 1. The highest BCUT2D eigenvalue weighted by atomic mass is 16.5. The van der Waals surface area contributed by atoms with Gasteiger partial charge >= 0.3 is 5.69 Å². The molecule has 0 amide bonds. The van der Waals surface area contributed by atoms with Gasteiger partial charge in [0.1, 0.15) is 5.82 Å². The largest absolute Gasteiger partial charge is 0.412 e. The van der Waals surface area contributed by atoms with Gasteiger partial charge < -0.3 is 5.48 Å². The molecule has 0 saturated carbocycles. The molecule has 0 aromatic carbocycles. The quantitative estimate of drug-likeness (QED) is 0.356. The summed E-state index contributed by atoms with van der Waals surface area (Å²) in [6.45, 7) is 0. The number of aromatic amines is 2. The summed E-state index contributed by atoms with van der Waals surface area (Å²) in [4.78, 5) is 24.9.